The molecule has 0 saturated carbocycles. The Hall–Kier alpha value is -0.963. The normalized spacial score (nSPS) is 22.0. The van der Waals surface area contributed by atoms with E-state index in [1.165, 1.54) is 55.8 Å². The summed E-state index contributed by atoms with van der Waals surface area (Å²) in [6, 6.07) is 12.2. The van der Waals surface area contributed by atoms with Crippen LogP contribution in [0.1, 0.15) is 56.1 Å². The largest absolute Gasteiger partial charge is 0.270 e. The van der Waals surface area contributed by atoms with E-state index in [-0.39, 0.29) is 0 Å². The average Bonchev–Trinajstić information content (AvgIpc) is 2.49. The van der Waals surface area contributed by atoms with E-state index in [1.807, 2.05) is 24.3 Å². The van der Waals surface area contributed by atoms with Gasteiger partial charge in [0.15, 0.2) is 0 Å². The van der Waals surface area contributed by atoms with Crippen LogP contribution in [0.4, 0.5) is 8.78 Å². The van der Waals surface area contributed by atoms with E-state index >= 15 is 0 Å². The Bertz CT molecular complexity index is 441. The molecule has 1 heterocycles. The van der Waals surface area contributed by atoms with Crippen molar-refractivity contribution in [2.45, 2.75) is 63.1 Å². The monoisotopic (exact) mass is 308 g/mol. The van der Waals surface area contributed by atoms with Crippen LogP contribution in [0.15, 0.2) is 30.3 Å². The standard InChI is InChI=1S/C18H26F2Si/c1-2-3-4-11-21-12-9-17(10-13-21)16-7-5-15(6-8-16)14-18(19)20/h5-8,14,17,21H,2-4,9-13H2,1H3. The zero-order valence-electron chi connectivity index (χ0n) is 13.0. The number of rotatable bonds is 6. The molecule has 1 fully saturated rings. The van der Waals surface area contributed by atoms with Crippen molar-refractivity contribution < 1.29 is 8.78 Å². The summed E-state index contributed by atoms with van der Waals surface area (Å²) in [6.07, 6.45) is 6.10. The second-order valence-electron chi connectivity index (χ2n) is 6.31. The molecule has 0 unspecified atom stereocenters. The number of benzene rings is 1. The second-order valence-corrected chi connectivity index (χ2v) is 9.78. The summed E-state index contributed by atoms with van der Waals surface area (Å²) < 4.78 is 24.4. The molecule has 2 rings (SSSR count). The number of hydrogen-bond donors (Lipinski definition) is 0. The first kappa shape index (κ1) is 16.4. The first-order chi connectivity index (χ1) is 10.2. The highest BCUT2D eigenvalue weighted by Crippen LogP contribution is 2.35. The number of unbranched alkanes of at least 4 members (excludes halogenated alkanes) is 2. The molecule has 0 aliphatic carbocycles. The first-order valence-electron chi connectivity index (χ1n) is 8.31. The highest BCUT2D eigenvalue weighted by atomic mass is 28.3. The molecule has 0 nitrogen and oxygen atoms in total. The van der Waals surface area contributed by atoms with Gasteiger partial charge in [0.1, 0.15) is 0 Å². The Morgan fingerprint density at radius 2 is 1.81 bits per heavy atom. The molecule has 0 N–H and O–H groups in total. The van der Waals surface area contributed by atoms with Crippen molar-refractivity contribution in [2.75, 3.05) is 0 Å². The minimum absolute atomic E-state index is 0.458. The van der Waals surface area contributed by atoms with Gasteiger partial charge in [0.2, 0.25) is 0 Å². The van der Waals surface area contributed by atoms with E-state index in [2.05, 4.69) is 6.92 Å². The molecule has 0 bridgehead atoms. The fraction of sp³-hybridized carbons (Fsp3) is 0.556. The molecule has 0 radical (unpaired) electrons. The summed E-state index contributed by atoms with van der Waals surface area (Å²) in [5, 5.41) is 0. The molecule has 1 aromatic rings. The first-order valence-corrected chi connectivity index (χ1v) is 10.8. The van der Waals surface area contributed by atoms with Gasteiger partial charge in [-0.3, -0.25) is 0 Å². The molecular formula is C18H26F2Si. The van der Waals surface area contributed by atoms with Gasteiger partial charge in [-0.05, 0) is 29.9 Å². The summed E-state index contributed by atoms with van der Waals surface area (Å²) in [5.74, 6) is 0.660. The predicted molar refractivity (Wildman–Crippen MR) is 89.7 cm³/mol. The Morgan fingerprint density at radius 1 is 1.14 bits per heavy atom. The minimum Gasteiger partial charge on any atom is -0.173 e. The van der Waals surface area contributed by atoms with Crippen molar-refractivity contribution in [3.8, 4) is 0 Å². The molecule has 0 aromatic heterocycles. The molecule has 1 aromatic carbocycles. The summed E-state index contributed by atoms with van der Waals surface area (Å²) >= 11 is 0. The summed E-state index contributed by atoms with van der Waals surface area (Å²) in [6.45, 7) is 2.27. The fourth-order valence-corrected chi connectivity index (χ4v) is 6.94. The third kappa shape index (κ3) is 5.38. The molecule has 116 valence electrons. The van der Waals surface area contributed by atoms with Crippen LogP contribution < -0.4 is 0 Å². The van der Waals surface area contributed by atoms with E-state index in [0.29, 0.717) is 11.5 Å². The molecular weight excluding hydrogens is 282 g/mol. The van der Waals surface area contributed by atoms with Gasteiger partial charge in [-0.15, -0.1) is 0 Å². The molecule has 1 saturated heterocycles. The van der Waals surface area contributed by atoms with Crippen LogP contribution in [0.25, 0.3) is 6.08 Å². The van der Waals surface area contributed by atoms with E-state index in [4.69, 9.17) is 0 Å². The maximum atomic E-state index is 12.2. The molecule has 21 heavy (non-hydrogen) atoms. The summed E-state index contributed by atoms with van der Waals surface area (Å²) in [5.41, 5.74) is 1.94. The van der Waals surface area contributed by atoms with Crippen LogP contribution in [-0.2, 0) is 0 Å². The Labute approximate surface area is 128 Å². The lowest BCUT2D eigenvalue weighted by Crippen LogP contribution is -2.20. The van der Waals surface area contributed by atoms with Crippen LogP contribution in [0.2, 0.25) is 18.1 Å². The summed E-state index contributed by atoms with van der Waals surface area (Å²) in [4.78, 5) is 0. The van der Waals surface area contributed by atoms with Crippen LogP contribution in [-0.4, -0.2) is 8.80 Å². The van der Waals surface area contributed by atoms with Crippen LogP contribution >= 0.6 is 0 Å². The molecule has 0 spiro atoms. The lowest BCUT2D eigenvalue weighted by Gasteiger charge is -2.28. The van der Waals surface area contributed by atoms with Crippen molar-refractivity contribution in [1.29, 1.82) is 0 Å². The summed E-state index contributed by atoms with van der Waals surface area (Å²) in [7, 11) is -0.458. The van der Waals surface area contributed by atoms with Crippen molar-refractivity contribution in [1.82, 2.24) is 0 Å². The third-order valence-electron chi connectivity index (χ3n) is 4.75. The van der Waals surface area contributed by atoms with Gasteiger partial charge in [-0.25, -0.2) is 0 Å². The van der Waals surface area contributed by atoms with Gasteiger partial charge < -0.3 is 0 Å². The van der Waals surface area contributed by atoms with Crippen molar-refractivity contribution in [3.05, 3.63) is 41.5 Å². The van der Waals surface area contributed by atoms with E-state index in [0.717, 1.165) is 6.08 Å². The van der Waals surface area contributed by atoms with E-state index in [1.54, 1.807) is 0 Å². The van der Waals surface area contributed by atoms with Crippen molar-refractivity contribution in [3.63, 3.8) is 0 Å². The lowest BCUT2D eigenvalue weighted by molar-refractivity contribution is 0.429. The highest BCUT2D eigenvalue weighted by molar-refractivity contribution is 6.59. The lowest BCUT2D eigenvalue weighted by atomic mass is 9.93. The van der Waals surface area contributed by atoms with Crippen molar-refractivity contribution in [2.24, 2.45) is 0 Å². The third-order valence-corrected chi connectivity index (χ3v) is 8.27. The minimum atomic E-state index is -1.62. The SMILES string of the molecule is CCCCC[SiH]1CCC(c2ccc(C=C(F)F)cc2)CC1. The maximum absolute atomic E-state index is 12.2. The number of halogens is 2. The molecule has 1 aliphatic rings. The number of hydrogen-bond acceptors (Lipinski definition) is 0. The van der Waals surface area contributed by atoms with Crippen LogP contribution in [0.3, 0.4) is 0 Å². The van der Waals surface area contributed by atoms with Crippen molar-refractivity contribution >= 4 is 14.9 Å². The average molecular weight is 308 g/mol. The zero-order chi connectivity index (χ0) is 15.1. The Balaban J connectivity index is 1.83. The van der Waals surface area contributed by atoms with E-state index in [9.17, 15) is 8.78 Å². The van der Waals surface area contributed by atoms with Gasteiger partial charge in [0.05, 0.1) is 0 Å². The maximum Gasteiger partial charge on any atom is 0.270 e. The fourth-order valence-electron chi connectivity index (χ4n) is 3.46. The van der Waals surface area contributed by atoms with Gasteiger partial charge in [-0.2, -0.15) is 8.78 Å². The van der Waals surface area contributed by atoms with Crippen LogP contribution in [0.5, 0.6) is 0 Å². The zero-order valence-corrected chi connectivity index (χ0v) is 14.1. The highest BCUT2D eigenvalue weighted by Gasteiger charge is 2.22. The second kappa shape index (κ2) is 8.47. The van der Waals surface area contributed by atoms with Gasteiger partial charge in [0.25, 0.3) is 6.08 Å². The van der Waals surface area contributed by atoms with Crippen LogP contribution in [0, 0.1) is 0 Å². The Morgan fingerprint density at radius 3 is 2.38 bits per heavy atom. The Kier molecular flexibility index (Phi) is 6.62. The molecule has 0 atom stereocenters. The predicted octanol–water partition coefficient (Wildman–Crippen LogP) is 6.22. The van der Waals surface area contributed by atoms with Gasteiger partial charge >= 0.3 is 0 Å². The topological polar surface area (TPSA) is 0 Å². The van der Waals surface area contributed by atoms with Gasteiger partial charge in [-0.1, -0.05) is 68.6 Å². The molecule has 1 aliphatic heterocycles. The molecule has 0 amide bonds. The molecule has 3 heteroatoms. The van der Waals surface area contributed by atoms with E-state index < -0.39 is 14.9 Å². The quantitative estimate of drug-likeness (QED) is 0.432. The smallest absolute Gasteiger partial charge is 0.173 e. The van der Waals surface area contributed by atoms with Gasteiger partial charge in [0, 0.05) is 14.9 Å².